The summed E-state index contributed by atoms with van der Waals surface area (Å²) in [5.74, 6) is -1.21. The van der Waals surface area contributed by atoms with Crippen LogP contribution in [0.3, 0.4) is 0 Å². The number of nitrogens with one attached hydrogen (secondary N) is 2. The minimum atomic E-state index is -0.702. The van der Waals surface area contributed by atoms with Gasteiger partial charge in [0.1, 0.15) is 5.75 Å². The normalized spacial score (nSPS) is 10.4. The van der Waals surface area contributed by atoms with Crippen molar-refractivity contribution in [3.8, 4) is 5.75 Å². The molecule has 0 unspecified atom stereocenters. The van der Waals surface area contributed by atoms with Crippen LogP contribution in [0, 0.1) is 0 Å². The Morgan fingerprint density at radius 2 is 1.64 bits per heavy atom. The smallest absolute Gasteiger partial charge is 0.313 e. The van der Waals surface area contributed by atoms with Crippen LogP contribution in [-0.4, -0.2) is 23.5 Å². The van der Waals surface area contributed by atoms with Crippen LogP contribution >= 0.6 is 0 Å². The number of phenols is 1. The van der Waals surface area contributed by atoms with E-state index in [1.807, 2.05) is 42.5 Å². The number of carbonyl (C=O) groups excluding carboxylic acids is 2. The number of benzene rings is 3. The van der Waals surface area contributed by atoms with Crippen LogP contribution in [0.2, 0.25) is 0 Å². The first-order valence-electron chi connectivity index (χ1n) is 7.98. The lowest BCUT2D eigenvalue weighted by molar-refractivity contribution is -0.136. The molecule has 0 aliphatic heterocycles. The quantitative estimate of drug-likeness (QED) is 0.642. The van der Waals surface area contributed by atoms with E-state index in [4.69, 9.17) is 0 Å². The number of phenolic OH excluding ortho intramolecular Hbond substituents is 1. The van der Waals surface area contributed by atoms with E-state index in [9.17, 15) is 14.7 Å². The predicted octanol–water partition coefficient (Wildman–Crippen LogP) is 2.84. The molecule has 0 aliphatic carbocycles. The number of hydrogen-bond donors (Lipinski definition) is 3. The average molecular weight is 334 g/mol. The molecule has 3 rings (SSSR count). The fraction of sp³-hybridized carbons (Fsp3) is 0.100. The number of rotatable bonds is 4. The lowest BCUT2D eigenvalue weighted by atomic mass is 10.1. The van der Waals surface area contributed by atoms with Gasteiger partial charge < -0.3 is 15.7 Å². The van der Waals surface area contributed by atoms with Crippen LogP contribution in [0.25, 0.3) is 10.8 Å². The Morgan fingerprint density at radius 3 is 2.48 bits per heavy atom. The molecule has 5 nitrogen and oxygen atoms in total. The van der Waals surface area contributed by atoms with Crippen molar-refractivity contribution in [2.24, 2.45) is 0 Å². The van der Waals surface area contributed by atoms with Gasteiger partial charge in [-0.1, -0.05) is 48.5 Å². The lowest BCUT2D eigenvalue weighted by Gasteiger charge is -2.09. The zero-order valence-electron chi connectivity index (χ0n) is 13.5. The summed E-state index contributed by atoms with van der Waals surface area (Å²) in [6.45, 7) is 0.311. The molecule has 0 saturated heterocycles. The summed E-state index contributed by atoms with van der Waals surface area (Å²) in [4.78, 5) is 24.1. The molecule has 2 amide bonds. The fourth-order valence-electron chi connectivity index (χ4n) is 2.63. The van der Waals surface area contributed by atoms with E-state index in [0.29, 0.717) is 18.7 Å². The summed E-state index contributed by atoms with van der Waals surface area (Å²) in [5.41, 5.74) is 1.49. The van der Waals surface area contributed by atoms with E-state index in [1.165, 1.54) is 0 Å². The predicted molar refractivity (Wildman–Crippen MR) is 97.4 cm³/mol. The molecule has 0 saturated carbocycles. The van der Waals surface area contributed by atoms with Crippen LogP contribution in [-0.2, 0) is 16.0 Å². The van der Waals surface area contributed by atoms with Crippen molar-refractivity contribution < 1.29 is 14.7 Å². The lowest BCUT2D eigenvalue weighted by Crippen LogP contribution is -2.36. The number of amides is 2. The van der Waals surface area contributed by atoms with Crippen LogP contribution < -0.4 is 10.6 Å². The molecular weight excluding hydrogens is 316 g/mol. The molecule has 0 radical (unpaired) electrons. The van der Waals surface area contributed by atoms with Gasteiger partial charge in [0.25, 0.3) is 0 Å². The van der Waals surface area contributed by atoms with Crippen LogP contribution in [0.5, 0.6) is 5.75 Å². The fourth-order valence-corrected chi connectivity index (χ4v) is 2.63. The summed E-state index contributed by atoms with van der Waals surface area (Å²) in [7, 11) is 0. The third-order valence-corrected chi connectivity index (χ3v) is 3.85. The maximum Gasteiger partial charge on any atom is 0.313 e. The largest absolute Gasteiger partial charge is 0.508 e. The van der Waals surface area contributed by atoms with E-state index in [1.54, 1.807) is 24.3 Å². The van der Waals surface area contributed by atoms with E-state index in [-0.39, 0.29) is 5.75 Å². The van der Waals surface area contributed by atoms with Gasteiger partial charge in [-0.3, -0.25) is 9.59 Å². The summed E-state index contributed by atoms with van der Waals surface area (Å²) < 4.78 is 0. The molecule has 0 aliphatic rings. The molecule has 3 N–H and O–H groups in total. The molecule has 0 aromatic heterocycles. The van der Waals surface area contributed by atoms with Gasteiger partial charge in [-0.15, -0.1) is 0 Å². The average Bonchev–Trinajstić information content (AvgIpc) is 2.62. The highest BCUT2D eigenvalue weighted by atomic mass is 16.3. The Labute approximate surface area is 145 Å². The van der Waals surface area contributed by atoms with Crippen molar-refractivity contribution in [2.75, 3.05) is 11.9 Å². The highest BCUT2D eigenvalue weighted by molar-refractivity contribution is 6.40. The Bertz CT molecular complexity index is 916. The second-order valence-electron chi connectivity index (χ2n) is 5.66. The summed E-state index contributed by atoms with van der Waals surface area (Å²) in [5, 5.41) is 16.5. The molecule has 0 spiro atoms. The van der Waals surface area contributed by atoms with Gasteiger partial charge in [0.15, 0.2) is 0 Å². The minimum Gasteiger partial charge on any atom is -0.508 e. The number of anilines is 1. The van der Waals surface area contributed by atoms with Gasteiger partial charge >= 0.3 is 11.8 Å². The molecule has 5 heteroatoms. The van der Waals surface area contributed by atoms with Gasteiger partial charge in [-0.05, 0) is 35.6 Å². The van der Waals surface area contributed by atoms with Crippen LogP contribution in [0.1, 0.15) is 5.56 Å². The first-order valence-corrected chi connectivity index (χ1v) is 7.98. The van der Waals surface area contributed by atoms with Gasteiger partial charge in [-0.2, -0.15) is 0 Å². The Morgan fingerprint density at radius 1 is 0.880 bits per heavy atom. The molecule has 0 heterocycles. The summed E-state index contributed by atoms with van der Waals surface area (Å²) in [6, 6.07) is 20.0. The number of fused-ring (bicyclic) bond motifs is 1. The number of carbonyl (C=O) groups is 2. The van der Waals surface area contributed by atoms with Crippen LogP contribution in [0.15, 0.2) is 66.7 Å². The number of aromatic hydroxyl groups is 1. The van der Waals surface area contributed by atoms with Crippen LogP contribution in [0.4, 0.5) is 5.69 Å². The topological polar surface area (TPSA) is 78.4 Å². The number of hydrogen-bond acceptors (Lipinski definition) is 3. The van der Waals surface area contributed by atoms with Crippen molar-refractivity contribution in [1.29, 1.82) is 0 Å². The van der Waals surface area contributed by atoms with Crippen molar-refractivity contribution >= 4 is 28.3 Å². The minimum absolute atomic E-state index is 0.178. The highest BCUT2D eigenvalue weighted by Gasteiger charge is 2.14. The molecule has 3 aromatic carbocycles. The molecule has 0 bridgehead atoms. The Hall–Kier alpha value is -3.34. The van der Waals surface area contributed by atoms with Crippen molar-refractivity contribution in [1.82, 2.24) is 5.32 Å². The van der Waals surface area contributed by atoms with Gasteiger partial charge in [-0.25, -0.2) is 0 Å². The third-order valence-electron chi connectivity index (χ3n) is 3.85. The van der Waals surface area contributed by atoms with Gasteiger partial charge in [0, 0.05) is 17.6 Å². The molecule has 3 aromatic rings. The summed E-state index contributed by atoms with van der Waals surface area (Å²) in [6.07, 6.45) is 0.529. The zero-order chi connectivity index (χ0) is 17.6. The monoisotopic (exact) mass is 334 g/mol. The van der Waals surface area contributed by atoms with Crippen molar-refractivity contribution in [3.63, 3.8) is 0 Å². The van der Waals surface area contributed by atoms with Gasteiger partial charge in [0.05, 0.1) is 0 Å². The standard InChI is InChI=1S/C20H18N2O3/c23-16-8-3-5-14(13-16)11-12-21-19(24)20(25)22-18-10-4-7-15-6-1-2-9-17(15)18/h1-10,13,23H,11-12H2,(H,21,24)(H,22,25). The third kappa shape index (κ3) is 4.14. The molecule has 0 fully saturated rings. The molecular formula is C20H18N2O3. The highest BCUT2D eigenvalue weighted by Crippen LogP contribution is 2.22. The van der Waals surface area contributed by atoms with E-state index in [0.717, 1.165) is 16.3 Å². The van der Waals surface area contributed by atoms with Crippen molar-refractivity contribution in [2.45, 2.75) is 6.42 Å². The van der Waals surface area contributed by atoms with E-state index in [2.05, 4.69) is 10.6 Å². The maximum atomic E-state index is 12.1. The van der Waals surface area contributed by atoms with E-state index < -0.39 is 11.8 Å². The molecule has 25 heavy (non-hydrogen) atoms. The first-order chi connectivity index (χ1) is 12.1. The molecule has 126 valence electrons. The molecule has 0 atom stereocenters. The first kappa shape index (κ1) is 16.5. The maximum absolute atomic E-state index is 12.1. The Kier molecular flexibility index (Phi) is 4.95. The second-order valence-corrected chi connectivity index (χ2v) is 5.66. The van der Waals surface area contributed by atoms with Crippen molar-refractivity contribution in [3.05, 3.63) is 72.3 Å². The zero-order valence-corrected chi connectivity index (χ0v) is 13.5. The van der Waals surface area contributed by atoms with E-state index >= 15 is 0 Å². The second kappa shape index (κ2) is 7.49. The SMILES string of the molecule is O=C(NCCc1cccc(O)c1)C(=O)Nc1cccc2ccccc12. The van der Waals surface area contributed by atoms with Gasteiger partial charge in [0.2, 0.25) is 0 Å². The summed E-state index contributed by atoms with van der Waals surface area (Å²) >= 11 is 0. The Balaban J connectivity index is 1.58.